The first-order valence-electron chi connectivity index (χ1n) is 7.20. The van der Waals surface area contributed by atoms with Gasteiger partial charge in [-0.15, -0.1) is 0 Å². The van der Waals surface area contributed by atoms with Crippen LogP contribution in [0.3, 0.4) is 0 Å². The SMILES string of the molecule is O=c1c2ccc(cc2)c(=O)n1C=Cn1c(=O)c2ccc(cc2)c1=O. The van der Waals surface area contributed by atoms with Gasteiger partial charge in [-0.25, -0.2) is 9.13 Å². The van der Waals surface area contributed by atoms with Gasteiger partial charge in [0.25, 0.3) is 22.2 Å². The smallest absolute Gasteiger partial charge is 0.264 e. The molecule has 24 heavy (non-hydrogen) atoms. The second kappa shape index (κ2) is 4.99. The van der Waals surface area contributed by atoms with Gasteiger partial charge in [0, 0.05) is 33.9 Å². The van der Waals surface area contributed by atoms with Gasteiger partial charge in [-0.3, -0.25) is 19.2 Å². The molecule has 0 amide bonds. The Morgan fingerprint density at radius 1 is 0.458 bits per heavy atom. The van der Waals surface area contributed by atoms with E-state index in [1.807, 2.05) is 0 Å². The summed E-state index contributed by atoms with van der Waals surface area (Å²) >= 11 is 0. The molecule has 6 heteroatoms. The Bertz CT molecular complexity index is 1090. The van der Waals surface area contributed by atoms with Crippen LogP contribution in [-0.2, 0) is 0 Å². The molecule has 0 unspecified atom stereocenters. The second-order valence-electron chi connectivity index (χ2n) is 5.41. The zero-order chi connectivity index (χ0) is 16.8. The van der Waals surface area contributed by atoms with Gasteiger partial charge in [-0.1, -0.05) is 0 Å². The van der Waals surface area contributed by atoms with Crippen molar-refractivity contribution in [2.75, 3.05) is 0 Å². The Labute approximate surface area is 133 Å². The van der Waals surface area contributed by atoms with Gasteiger partial charge in [-0.05, 0) is 48.5 Å². The van der Waals surface area contributed by atoms with Crippen LogP contribution in [0.5, 0.6) is 0 Å². The molecule has 0 radical (unpaired) electrons. The fourth-order valence-electron chi connectivity index (χ4n) is 2.66. The Balaban J connectivity index is 2.02. The molecular weight excluding hydrogens is 308 g/mol. The molecule has 116 valence electrons. The zero-order valence-corrected chi connectivity index (χ0v) is 12.3. The highest BCUT2D eigenvalue weighted by Gasteiger charge is 2.06. The van der Waals surface area contributed by atoms with Gasteiger partial charge >= 0.3 is 0 Å². The highest BCUT2D eigenvalue weighted by atomic mass is 16.2. The normalized spacial score (nSPS) is 11.8. The summed E-state index contributed by atoms with van der Waals surface area (Å²) in [7, 11) is 0. The average molecular weight is 318 g/mol. The number of hydrogen-bond acceptors (Lipinski definition) is 4. The van der Waals surface area contributed by atoms with E-state index in [-0.39, 0.29) is 0 Å². The first-order chi connectivity index (χ1) is 11.6. The summed E-state index contributed by atoms with van der Waals surface area (Å²) in [6.07, 6.45) is 2.32. The third kappa shape index (κ3) is 1.97. The third-order valence-corrected chi connectivity index (χ3v) is 4.00. The van der Waals surface area contributed by atoms with Gasteiger partial charge in [0.05, 0.1) is 0 Å². The van der Waals surface area contributed by atoms with E-state index in [0.717, 1.165) is 21.5 Å². The molecule has 0 N–H and O–H groups in total. The van der Waals surface area contributed by atoms with Crippen molar-refractivity contribution in [3.63, 3.8) is 0 Å². The molecule has 0 spiro atoms. The van der Waals surface area contributed by atoms with Gasteiger partial charge in [0.1, 0.15) is 0 Å². The molecule has 0 saturated carbocycles. The van der Waals surface area contributed by atoms with E-state index in [1.54, 1.807) is 48.5 Å². The lowest BCUT2D eigenvalue weighted by atomic mass is 10.2. The monoisotopic (exact) mass is 318 g/mol. The largest absolute Gasteiger partial charge is 0.268 e. The van der Waals surface area contributed by atoms with Crippen molar-refractivity contribution in [1.29, 1.82) is 0 Å². The minimum absolute atomic E-state index is 0.356. The van der Waals surface area contributed by atoms with E-state index in [9.17, 15) is 19.2 Å². The van der Waals surface area contributed by atoms with E-state index in [0.29, 0.717) is 21.5 Å². The zero-order valence-electron chi connectivity index (χ0n) is 12.3. The van der Waals surface area contributed by atoms with Crippen molar-refractivity contribution in [3.8, 4) is 0 Å². The molecule has 0 fully saturated rings. The van der Waals surface area contributed by atoms with Crippen LogP contribution in [0.4, 0.5) is 0 Å². The highest BCUT2D eigenvalue weighted by molar-refractivity contribution is 5.67. The molecule has 0 saturated heterocycles. The van der Waals surface area contributed by atoms with Crippen LogP contribution in [0, 0.1) is 0 Å². The highest BCUT2D eigenvalue weighted by Crippen LogP contribution is 2.03. The molecule has 4 aromatic heterocycles. The molecule has 4 bridgehead atoms. The standard InChI is InChI=1S/C18H10N2O4/c21-15-11-1-2-12(4-3-11)16(22)19(15)9-10-20-17(23)13-5-6-14(8-7-13)18(20)24/h1-10H. The van der Waals surface area contributed by atoms with Crippen LogP contribution in [-0.4, -0.2) is 9.13 Å². The van der Waals surface area contributed by atoms with Crippen LogP contribution >= 0.6 is 0 Å². The molecule has 0 aliphatic rings. The summed E-state index contributed by atoms with van der Waals surface area (Å²) in [6, 6.07) is 12.5. The molecule has 0 aliphatic carbocycles. The summed E-state index contributed by atoms with van der Waals surface area (Å²) in [6.45, 7) is 0. The molecule has 0 aliphatic heterocycles. The van der Waals surface area contributed by atoms with Crippen molar-refractivity contribution in [2.45, 2.75) is 0 Å². The second-order valence-corrected chi connectivity index (χ2v) is 5.41. The summed E-state index contributed by atoms with van der Waals surface area (Å²) in [5.41, 5.74) is -2.04. The van der Waals surface area contributed by atoms with E-state index in [1.165, 1.54) is 0 Å². The minimum Gasteiger partial charge on any atom is -0.268 e. The molecule has 2 aromatic carbocycles. The fourth-order valence-corrected chi connectivity index (χ4v) is 2.66. The van der Waals surface area contributed by atoms with Crippen molar-refractivity contribution >= 4 is 33.9 Å². The van der Waals surface area contributed by atoms with Crippen molar-refractivity contribution in [2.24, 2.45) is 0 Å². The van der Waals surface area contributed by atoms with E-state index in [2.05, 4.69) is 0 Å². The van der Waals surface area contributed by atoms with Crippen LogP contribution in [0.15, 0.2) is 67.7 Å². The van der Waals surface area contributed by atoms with Crippen LogP contribution in [0.1, 0.15) is 0 Å². The van der Waals surface area contributed by atoms with Crippen molar-refractivity contribution < 1.29 is 0 Å². The Morgan fingerprint density at radius 3 is 0.875 bits per heavy atom. The molecule has 4 heterocycles. The number of aromatic nitrogens is 2. The fraction of sp³-hybridized carbons (Fsp3) is 0. The maximum atomic E-state index is 12.3. The lowest BCUT2D eigenvalue weighted by molar-refractivity contribution is 1.01. The van der Waals surface area contributed by atoms with Gasteiger partial charge in [-0.2, -0.15) is 0 Å². The minimum atomic E-state index is -0.509. The van der Waals surface area contributed by atoms with Crippen LogP contribution < -0.4 is 22.2 Å². The Hall–Kier alpha value is -3.54. The molecule has 6 aromatic rings. The lowest BCUT2D eigenvalue weighted by Gasteiger charge is -1.94. The molecule has 6 rings (SSSR count). The number of rotatable bonds is 2. The lowest BCUT2D eigenvalue weighted by Crippen LogP contribution is -2.28. The number of benzene rings is 2. The Morgan fingerprint density at radius 2 is 0.667 bits per heavy atom. The number of fused-ring (bicyclic) bond motifs is 8. The maximum Gasteiger partial charge on any atom is 0.264 e. The van der Waals surface area contributed by atoms with E-state index < -0.39 is 22.2 Å². The van der Waals surface area contributed by atoms with Crippen LogP contribution in [0.25, 0.3) is 33.9 Å². The summed E-state index contributed by atoms with van der Waals surface area (Å²) < 4.78 is 1.79. The predicted molar refractivity (Wildman–Crippen MR) is 92.8 cm³/mol. The van der Waals surface area contributed by atoms with Gasteiger partial charge in [0.2, 0.25) is 0 Å². The first kappa shape index (κ1) is 14.1. The topological polar surface area (TPSA) is 78.1 Å². The quantitative estimate of drug-likeness (QED) is 0.552. The summed E-state index contributed by atoms with van der Waals surface area (Å²) in [5.74, 6) is 0. The van der Waals surface area contributed by atoms with Gasteiger partial charge in [0.15, 0.2) is 0 Å². The molecular formula is C18H10N2O4. The molecule has 6 nitrogen and oxygen atoms in total. The molecule has 0 atom stereocenters. The number of hydrogen-bond donors (Lipinski definition) is 0. The maximum absolute atomic E-state index is 12.3. The first-order valence-corrected chi connectivity index (χ1v) is 7.20. The van der Waals surface area contributed by atoms with E-state index in [4.69, 9.17) is 0 Å². The average Bonchev–Trinajstić information content (AvgIpc) is 2.91. The van der Waals surface area contributed by atoms with E-state index >= 15 is 0 Å². The Kier molecular flexibility index (Phi) is 2.93. The van der Waals surface area contributed by atoms with Crippen LogP contribution in [0.2, 0.25) is 0 Å². The summed E-state index contributed by atoms with van der Waals surface area (Å²) in [5, 5.41) is 1.43. The van der Waals surface area contributed by atoms with Gasteiger partial charge < -0.3 is 0 Å². The van der Waals surface area contributed by atoms with Crippen molar-refractivity contribution in [1.82, 2.24) is 9.13 Å². The number of nitrogens with zero attached hydrogens (tertiary/aromatic N) is 2. The third-order valence-electron chi connectivity index (χ3n) is 4.00. The van der Waals surface area contributed by atoms with Crippen molar-refractivity contribution in [3.05, 3.63) is 89.9 Å². The summed E-state index contributed by atoms with van der Waals surface area (Å²) in [4.78, 5) is 49.3. The predicted octanol–water partition coefficient (Wildman–Crippen LogP) is 0.998.